The summed E-state index contributed by atoms with van der Waals surface area (Å²) in [6.07, 6.45) is 4.01. The lowest BCUT2D eigenvalue weighted by atomic mass is 9.61. The molecule has 1 aromatic rings. The molecule has 26 heavy (non-hydrogen) atoms. The summed E-state index contributed by atoms with van der Waals surface area (Å²) in [6, 6.07) is 8.43. The fraction of sp³-hybridized carbons (Fsp3) is 0.682. The van der Waals surface area contributed by atoms with Crippen LogP contribution in [0.3, 0.4) is 0 Å². The number of nitrogens with zero attached hydrogens (tertiary/aromatic N) is 1. The number of aliphatic hydroxyl groups excluding tert-OH is 1. The fourth-order valence-corrected chi connectivity index (χ4v) is 4.29. The van der Waals surface area contributed by atoms with Gasteiger partial charge in [-0.3, -0.25) is 4.79 Å². The third kappa shape index (κ3) is 3.90. The van der Waals surface area contributed by atoms with Gasteiger partial charge in [0, 0.05) is 18.5 Å². The SMILES string of the molecule is CCC[C@H](CO)C(=O)N1CC2(CC(Oc3ccc(C(C)(C)C)cc3)C2)C1. The number of likely N-dealkylation sites (tertiary alicyclic amines) is 1. The summed E-state index contributed by atoms with van der Waals surface area (Å²) in [4.78, 5) is 14.3. The summed E-state index contributed by atoms with van der Waals surface area (Å²) in [6.45, 7) is 10.3. The molecule has 0 radical (unpaired) electrons. The van der Waals surface area contributed by atoms with E-state index in [2.05, 4.69) is 52.0 Å². The summed E-state index contributed by atoms with van der Waals surface area (Å²) < 4.78 is 6.11. The number of ether oxygens (including phenoxy) is 1. The average molecular weight is 360 g/mol. The largest absolute Gasteiger partial charge is 0.490 e. The second kappa shape index (κ2) is 7.22. The molecule has 1 aliphatic heterocycles. The molecular weight excluding hydrogens is 326 g/mol. The van der Waals surface area contributed by atoms with Crippen molar-refractivity contribution in [3.05, 3.63) is 29.8 Å². The van der Waals surface area contributed by atoms with Gasteiger partial charge in [-0.2, -0.15) is 0 Å². The normalized spacial score (nSPS) is 20.4. The minimum Gasteiger partial charge on any atom is -0.490 e. The van der Waals surface area contributed by atoms with Crippen LogP contribution >= 0.6 is 0 Å². The van der Waals surface area contributed by atoms with Crippen LogP contribution in [0, 0.1) is 11.3 Å². The van der Waals surface area contributed by atoms with Crippen molar-refractivity contribution in [1.29, 1.82) is 0 Å². The zero-order valence-electron chi connectivity index (χ0n) is 16.6. The van der Waals surface area contributed by atoms with Crippen LogP contribution < -0.4 is 4.74 Å². The molecule has 3 rings (SSSR count). The molecule has 1 amide bonds. The van der Waals surface area contributed by atoms with E-state index in [1.165, 1.54) is 5.56 Å². The number of aliphatic hydroxyl groups is 1. The molecule has 4 nitrogen and oxygen atoms in total. The Hall–Kier alpha value is -1.55. The quantitative estimate of drug-likeness (QED) is 0.841. The fourth-order valence-electron chi connectivity index (χ4n) is 4.29. The van der Waals surface area contributed by atoms with E-state index in [1.54, 1.807) is 0 Å². The third-order valence-corrected chi connectivity index (χ3v) is 5.92. The molecule has 1 heterocycles. The smallest absolute Gasteiger partial charge is 0.228 e. The van der Waals surface area contributed by atoms with Gasteiger partial charge < -0.3 is 14.7 Å². The lowest BCUT2D eigenvalue weighted by Crippen LogP contribution is -2.66. The van der Waals surface area contributed by atoms with Gasteiger partial charge >= 0.3 is 0 Å². The van der Waals surface area contributed by atoms with E-state index in [0.29, 0.717) is 0 Å². The lowest BCUT2D eigenvalue weighted by Gasteiger charge is -2.58. The Morgan fingerprint density at radius 1 is 1.27 bits per heavy atom. The highest BCUT2D eigenvalue weighted by atomic mass is 16.5. The van der Waals surface area contributed by atoms with Crippen LogP contribution in [0.25, 0.3) is 0 Å². The van der Waals surface area contributed by atoms with E-state index in [4.69, 9.17) is 4.74 Å². The van der Waals surface area contributed by atoms with Gasteiger partial charge in [0.2, 0.25) is 5.91 Å². The molecule has 1 spiro atoms. The number of benzene rings is 1. The summed E-state index contributed by atoms with van der Waals surface area (Å²) in [5.41, 5.74) is 1.73. The molecule has 1 saturated heterocycles. The predicted molar refractivity (Wildman–Crippen MR) is 103 cm³/mol. The molecule has 1 N–H and O–H groups in total. The van der Waals surface area contributed by atoms with Crippen LogP contribution in [-0.4, -0.2) is 41.7 Å². The molecule has 1 saturated carbocycles. The first-order valence-electron chi connectivity index (χ1n) is 9.93. The van der Waals surface area contributed by atoms with Crippen molar-refractivity contribution in [2.75, 3.05) is 19.7 Å². The third-order valence-electron chi connectivity index (χ3n) is 5.92. The van der Waals surface area contributed by atoms with Crippen LogP contribution in [0.1, 0.15) is 58.9 Å². The molecule has 144 valence electrons. The number of amides is 1. The van der Waals surface area contributed by atoms with Crippen LogP contribution in [0.4, 0.5) is 0 Å². The topological polar surface area (TPSA) is 49.8 Å². The Morgan fingerprint density at radius 2 is 1.88 bits per heavy atom. The maximum atomic E-state index is 12.4. The van der Waals surface area contributed by atoms with Crippen molar-refractivity contribution in [2.24, 2.45) is 11.3 Å². The molecule has 4 heteroatoms. The Labute approximate surface area is 157 Å². The van der Waals surface area contributed by atoms with Gasteiger partial charge in [-0.25, -0.2) is 0 Å². The number of hydrogen-bond acceptors (Lipinski definition) is 3. The van der Waals surface area contributed by atoms with Gasteiger partial charge in [-0.05, 0) is 42.4 Å². The maximum Gasteiger partial charge on any atom is 0.228 e. The molecule has 1 atom stereocenters. The van der Waals surface area contributed by atoms with Crippen molar-refractivity contribution in [1.82, 2.24) is 4.90 Å². The monoisotopic (exact) mass is 359 g/mol. The van der Waals surface area contributed by atoms with Gasteiger partial charge in [-0.1, -0.05) is 46.2 Å². The highest BCUT2D eigenvalue weighted by Gasteiger charge is 2.55. The number of carbonyl (C=O) groups excluding carboxylic acids is 1. The van der Waals surface area contributed by atoms with Gasteiger partial charge in [-0.15, -0.1) is 0 Å². The number of rotatable bonds is 6. The van der Waals surface area contributed by atoms with Crippen molar-refractivity contribution >= 4 is 5.91 Å². The van der Waals surface area contributed by atoms with E-state index in [0.717, 1.165) is 44.5 Å². The molecule has 2 fully saturated rings. The van der Waals surface area contributed by atoms with Crippen LogP contribution in [-0.2, 0) is 10.2 Å². The lowest BCUT2D eigenvalue weighted by molar-refractivity contribution is -0.165. The molecule has 1 aromatic carbocycles. The highest BCUT2D eigenvalue weighted by Crippen LogP contribution is 2.50. The molecule has 2 aliphatic rings. The molecular formula is C22H33NO3. The van der Waals surface area contributed by atoms with Gasteiger partial charge in [0.1, 0.15) is 11.9 Å². The van der Waals surface area contributed by atoms with E-state index >= 15 is 0 Å². The first-order valence-corrected chi connectivity index (χ1v) is 9.93. The summed E-state index contributed by atoms with van der Waals surface area (Å²) in [5.74, 6) is 0.848. The standard InChI is InChI=1S/C22H33NO3/c1-5-6-16(13-24)20(25)23-14-22(15-23)11-19(12-22)26-18-9-7-17(8-10-18)21(2,3)4/h7-10,16,19,24H,5-6,11-15H2,1-4H3/t16-/m1/s1. The molecule has 0 bridgehead atoms. The van der Waals surface area contributed by atoms with Crippen molar-refractivity contribution in [3.63, 3.8) is 0 Å². The van der Waals surface area contributed by atoms with Crippen molar-refractivity contribution in [3.8, 4) is 5.75 Å². The van der Waals surface area contributed by atoms with E-state index in [-0.39, 0.29) is 35.4 Å². The number of hydrogen-bond donors (Lipinski definition) is 1. The second-order valence-corrected chi connectivity index (χ2v) is 9.28. The molecule has 1 aliphatic carbocycles. The first kappa shape index (κ1) is 19.2. The number of carbonyl (C=O) groups is 1. The molecule has 0 aromatic heterocycles. The summed E-state index contributed by atoms with van der Waals surface area (Å²) in [7, 11) is 0. The van der Waals surface area contributed by atoms with Gasteiger partial charge in [0.15, 0.2) is 0 Å². The minimum atomic E-state index is -0.217. The summed E-state index contributed by atoms with van der Waals surface area (Å²) >= 11 is 0. The predicted octanol–water partition coefficient (Wildman–Crippen LogP) is 3.76. The van der Waals surface area contributed by atoms with Crippen LogP contribution in [0.2, 0.25) is 0 Å². The Kier molecular flexibility index (Phi) is 5.34. The zero-order valence-corrected chi connectivity index (χ0v) is 16.6. The van der Waals surface area contributed by atoms with E-state index in [1.807, 2.05) is 4.90 Å². The van der Waals surface area contributed by atoms with Crippen molar-refractivity contribution in [2.45, 2.75) is 64.9 Å². The summed E-state index contributed by atoms with van der Waals surface area (Å²) in [5, 5.41) is 9.41. The molecule has 0 unspecified atom stereocenters. The maximum absolute atomic E-state index is 12.4. The van der Waals surface area contributed by atoms with Crippen LogP contribution in [0.15, 0.2) is 24.3 Å². The minimum absolute atomic E-state index is 0.0352. The first-order chi connectivity index (χ1) is 12.3. The Balaban J connectivity index is 1.45. The van der Waals surface area contributed by atoms with Crippen LogP contribution in [0.5, 0.6) is 5.75 Å². The van der Waals surface area contributed by atoms with Gasteiger partial charge in [0.25, 0.3) is 0 Å². The van der Waals surface area contributed by atoms with E-state index in [9.17, 15) is 9.90 Å². The van der Waals surface area contributed by atoms with E-state index < -0.39 is 0 Å². The Morgan fingerprint density at radius 3 is 2.38 bits per heavy atom. The van der Waals surface area contributed by atoms with Gasteiger partial charge in [0.05, 0.1) is 12.5 Å². The second-order valence-electron chi connectivity index (χ2n) is 9.28. The zero-order chi connectivity index (χ0) is 18.9. The average Bonchev–Trinajstić information content (AvgIpc) is 2.52. The Bertz CT molecular complexity index is 618. The van der Waals surface area contributed by atoms with Crippen molar-refractivity contribution < 1.29 is 14.6 Å². The highest BCUT2D eigenvalue weighted by molar-refractivity contribution is 5.80.